The molecule has 19 heavy (non-hydrogen) atoms. The summed E-state index contributed by atoms with van der Waals surface area (Å²) in [4.78, 5) is 2.16. The summed E-state index contributed by atoms with van der Waals surface area (Å²) in [6, 6.07) is 11.8. The predicted octanol–water partition coefficient (Wildman–Crippen LogP) is 5.93. The number of halogens is 3. The van der Waals surface area contributed by atoms with E-state index in [1.165, 1.54) is 0 Å². The zero-order valence-electron chi connectivity index (χ0n) is 10.2. The van der Waals surface area contributed by atoms with E-state index in [2.05, 4.69) is 22.0 Å². The number of hydrogen-bond donors (Lipinski definition) is 1. The Kier molecular flexibility index (Phi) is 5.21. The van der Waals surface area contributed by atoms with Crippen LogP contribution in [0.15, 0.2) is 50.7 Å². The average Bonchev–Trinajstić information content (AvgIpc) is 2.36. The standard InChI is InChI=1S/C14H12BrCl2NS/c1-8(18)9-2-5-14(11(15)6-9)19-10-3-4-12(16)13(17)7-10/h2-8H,18H2,1H3/t8-/m0/s1. The molecule has 1 nitrogen and oxygen atoms in total. The fourth-order valence-corrected chi connectivity index (χ4v) is 3.41. The SMILES string of the molecule is C[C@H](N)c1ccc(Sc2ccc(Cl)c(Cl)c2)c(Br)c1. The molecule has 0 heterocycles. The molecule has 0 fully saturated rings. The van der Waals surface area contributed by atoms with Crippen molar-refractivity contribution in [2.75, 3.05) is 0 Å². The zero-order chi connectivity index (χ0) is 14.0. The maximum atomic E-state index is 6.01. The molecule has 100 valence electrons. The highest BCUT2D eigenvalue weighted by atomic mass is 79.9. The molecule has 1 atom stereocenters. The summed E-state index contributed by atoms with van der Waals surface area (Å²) < 4.78 is 1.03. The Labute approximate surface area is 135 Å². The zero-order valence-corrected chi connectivity index (χ0v) is 14.1. The first-order chi connectivity index (χ1) is 8.97. The minimum Gasteiger partial charge on any atom is -0.324 e. The van der Waals surface area contributed by atoms with E-state index >= 15 is 0 Å². The van der Waals surface area contributed by atoms with Crippen LogP contribution in [0.25, 0.3) is 0 Å². The van der Waals surface area contributed by atoms with Crippen LogP contribution < -0.4 is 5.73 Å². The second-order valence-corrected chi connectivity index (χ2v) is 6.94. The first-order valence-corrected chi connectivity index (χ1v) is 8.02. The average molecular weight is 377 g/mol. The monoisotopic (exact) mass is 375 g/mol. The van der Waals surface area contributed by atoms with Gasteiger partial charge in [0.2, 0.25) is 0 Å². The van der Waals surface area contributed by atoms with E-state index in [-0.39, 0.29) is 6.04 Å². The maximum Gasteiger partial charge on any atom is 0.0603 e. The molecule has 0 radical (unpaired) electrons. The highest BCUT2D eigenvalue weighted by Crippen LogP contribution is 2.37. The molecule has 0 aliphatic carbocycles. The molecule has 0 aliphatic heterocycles. The summed E-state index contributed by atoms with van der Waals surface area (Å²) in [7, 11) is 0. The van der Waals surface area contributed by atoms with Crippen molar-refractivity contribution in [2.24, 2.45) is 5.73 Å². The van der Waals surface area contributed by atoms with Crippen molar-refractivity contribution in [2.45, 2.75) is 22.8 Å². The summed E-state index contributed by atoms with van der Waals surface area (Å²) >= 11 is 17.1. The van der Waals surface area contributed by atoms with Gasteiger partial charge in [0, 0.05) is 20.3 Å². The van der Waals surface area contributed by atoms with E-state index in [0.29, 0.717) is 10.0 Å². The van der Waals surface area contributed by atoms with Gasteiger partial charge in [-0.25, -0.2) is 0 Å². The molecule has 0 bridgehead atoms. The molecule has 2 N–H and O–H groups in total. The fourth-order valence-electron chi connectivity index (χ4n) is 1.55. The molecule has 0 saturated carbocycles. The summed E-state index contributed by atoms with van der Waals surface area (Å²) in [5.74, 6) is 0. The van der Waals surface area contributed by atoms with Gasteiger partial charge in [-0.05, 0) is 58.7 Å². The molecule has 0 aliphatic rings. The molecule has 0 unspecified atom stereocenters. The lowest BCUT2D eigenvalue weighted by molar-refractivity contribution is 0.815. The van der Waals surface area contributed by atoms with Gasteiger partial charge in [0.15, 0.2) is 0 Å². The van der Waals surface area contributed by atoms with Crippen LogP contribution in [0.5, 0.6) is 0 Å². The highest BCUT2D eigenvalue weighted by molar-refractivity contribution is 9.10. The Balaban J connectivity index is 2.25. The van der Waals surface area contributed by atoms with E-state index < -0.39 is 0 Å². The van der Waals surface area contributed by atoms with E-state index in [4.69, 9.17) is 28.9 Å². The molecule has 2 rings (SSSR count). The summed E-state index contributed by atoms with van der Waals surface area (Å²) in [6.45, 7) is 1.97. The minimum atomic E-state index is 0.0281. The molecule has 2 aromatic carbocycles. The number of nitrogens with two attached hydrogens (primary N) is 1. The van der Waals surface area contributed by atoms with Crippen LogP contribution in [0.3, 0.4) is 0 Å². The Bertz CT molecular complexity index is 602. The summed E-state index contributed by atoms with van der Waals surface area (Å²) in [6.07, 6.45) is 0. The van der Waals surface area contributed by atoms with Crippen molar-refractivity contribution in [3.05, 3.63) is 56.5 Å². The highest BCUT2D eigenvalue weighted by Gasteiger charge is 2.07. The van der Waals surface area contributed by atoms with Crippen LogP contribution in [-0.4, -0.2) is 0 Å². The number of rotatable bonds is 3. The first-order valence-electron chi connectivity index (χ1n) is 5.65. The molecule has 5 heteroatoms. The third-order valence-electron chi connectivity index (χ3n) is 2.60. The lowest BCUT2D eigenvalue weighted by atomic mass is 10.1. The van der Waals surface area contributed by atoms with Crippen molar-refractivity contribution < 1.29 is 0 Å². The van der Waals surface area contributed by atoms with Crippen molar-refractivity contribution >= 4 is 50.9 Å². The molecule has 0 saturated heterocycles. The number of benzene rings is 2. The molecular formula is C14H12BrCl2NS. The Morgan fingerprint density at radius 1 is 1.11 bits per heavy atom. The van der Waals surface area contributed by atoms with Gasteiger partial charge in [-0.1, -0.05) is 41.0 Å². The van der Waals surface area contributed by atoms with E-state index in [1.54, 1.807) is 17.8 Å². The normalized spacial score (nSPS) is 12.5. The largest absolute Gasteiger partial charge is 0.324 e. The Hall–Kier alpha value is -0.190. The van der Waals surface area contributed by atoms with Crippen molar-refractivity contribution in [3.8, 4) is 0 Å². The third-order valence-corrected chi connectivity index (χ3v) is 5.32. The van der Waals surface area contributed by atoms with Crippen molar-refractivity contribution in [1.29, 1.82) is 0 Å². The lowest BCUT2D eigenvalue weighted by Gasteiger charge is -2.10. The molecular weight excluding hydrogens is 365 g/mol. The molecule has 0 aromatic heterocycles. The van der Waals surface area contributed by atoms with Gasteiger partial charge in [0.05, 0.1) is 10.0 Å². The summed E-state index contributed by atoms with van der Waals surface area (Å²) in [5.41, 5.74) is 6.96. The quantitative estimate of drug-likeness (QED) is 0.718. The van der Waals surface area contributed by atoms with Crippen LogP contribution in [0.2, 0.25) is 10.0 Å². The minimum absolute atomic E-state index is 0.0281. The van der Waals surface area contributed by atoms with Gasteiger partial charge in [-0.3, -0.25) is 0 Å². The van der Waals surface area contributed by atoms with Gasteiger partial charge in [-0.15, -0.1) is 0 Å². The lowest BCUT2D eigenvalue weighted by Crippen LogP contribution is -2.04. The van der Waals surface area contributed by atoms with Gasteiger partial charge in [0.1, 0.15) is 0 Å². The Morgan fingerprint density at radius 2 is 1.84 bits per heavy atom. The van der Waals surface area contributed by atoms with Crippen LogP contribution in [0, 0.1) is 0 Å². The van der Waals surface area contributed by atoms with Gasteiger partial charge < -0.3 is 5.73 Å². The molecule has 0 spiro atoms. The van der Waals surface area contributed by atoms with E-state index in [1.807, 2.05) is 31.2 Å². The van der Waals surface area contributed by atoms with E-state index in [9.17, 15) is 0 Å². The smallest absolute Gasteiger partial charge is 0.0603 e. The first kappa shape index (κ1) is 15.2. The summed E-state index contributed by atoms with van der Waals surface area (Å²) in [5, 5.41) is 1.13. The van der Waals surface area contributed by atoms with E-state index in [0.717, 1.165) is 19.8 Å². The van der Waals surface area contributed by atoms with Crippen LogP contribution in [0.4, 0.5) is 0 Å². The predicted molar refractivity (Wildman–Crippen MR) is 87.3 cm³/mol. The van der Waals surface area contributed by atoms with Crippen molar-refractivity contribution in [1.82, 2.24) is 0 Å². The maximum absolute atomic E-state index is 6.01. The van der Waals surface area contributed by atoms with Gasteiger partial charge in [0.25, 0.3) is 0 Å². The Morgan fingerprint density at radius 3 is 2.42 bits per heavy atom. The second-order valence-electron chi connectivity index (χ2n) is 4.16. The van der Waals surface area contributed by atoms with Gasteiger partial charge >= 0.3 is 0 Å². The topological polar surface area (TPSA) is 26.0 Å². The van der Waals surface area contributed by atoms with Gasteiger partial charge in [-0.2, -0.15) is 0 Å². The van der Waals surface area contributed by atoms with Crippen LogP contribution in [-0.2, 0) is 0 Å². The third kappa shape index (κ3) is 3.89. The molecule has 0 amide bonds. The fraction of sp³-hybridized carbons (Fsp3) is 0.143. The van der Waals surface area contributed by atoms with Crippen LogP contribution >= 0.6 is 50.9 Å². The van der Waals surface area contributed by atoms with Crippen molar-refractivity contribution in [3.63, 3.8) is 0 Å². The number of hydrogen-bond acceptors (Lipinski definition) is 2. The molecule has 2 aromatic rings. The second kappa shape index (κ2) is 6.51. The van der Waals surface area contributed by atoms with Crippen LogP contribution in [0.1, 0.15) is 18.5 Å².